The predicted molar refractivity (Wildman–Crippen MR) is 74.9 cm³/mol. The summed E-state index contributed by atoms with van der Waals surface area (Å²) in [7, 11) is 0. The number of hydrogen-bond acceptors (Lipinski definition) is 2. The van der Waals surface area contributed by atoms with Gasteiger partial charge in [0.25, 0.3) is 0 Å². The Morgan fingerprint density at radius 1 is 1.28 bits per heavy atom. The summed E-state index contributed by atoms with van der Waals surface area (Å²) in [5, 5.41) is 10.2. The maximum atomic E-state index is 10.2. The van der Waals surface area contributed by atoms with E-state index in [0.717, 1.165) is 12.0 Å². The van der Waals surface area contributed by atoms with Crippen molar-refractivity contribution in [3.63, 3.8) is 0 Å². The lowest BCUT2D eigenvalue weighted by Crippen LogP contribution is -2.05. The van der Waals surface area contributed by atoms with Gasteiger partial charge in [-0.15, -0.1) is 5.92 Å². The zero-order valence-corrected chi connectivity index (χ0v) is 11.7. The van der Waals surface area contributed by atoms with E-state index in [1.165, 1.54) is 0 Å². The van der Waals surface area contributed by atoms with E-state index in [0.29, 0.717) is 12.4 Å². The van der Waals surface area contributed by atoms with Crippen LogP contribution in [0.25, 0.3) is 0 Å². The number of ether oxygens (including phenoxy) is 1. The zero-order chi connectivity index (χ0) is 13.5. The van der Waals surface area contributed by atoms with Crippen LogP contribution in [0.15, 0.2) is 18.2 Å². The maximum Gasteiger partial charge on any atom is 0.161 e. The Hall–Kier alpha value is -1.62. The molecule has 2 nitrogen and oxygen atoms in total. The molecular formula is C16H22O2. The van der Waals surface area contributed by atoms with Crippen molar-refractivity contribution in [3.05, 3.63) is 23.8 Å². The third kappa shape index (κ3) is 3.43. The Balaban J connectivity index is 2.98. The second-order valence-electron chi connectivity index (χ2n) is 4.38. The van der Waals surface area contributed by atoms with E-state index in [9.17, 15) is 5.11 Å². The maximum absolute atomic E-state index is 10.2. The molecule has 0 heterocycles. The van der Waals surface area contributed by atoms with Crippen molar-refractivity contribution in [3.8, 4) is 23.3 Å². The molecule has 0 amide bonds. The van der Waals surface area contributed by atoms with Gasteiger partial charge < -0.3 is 9.84 Å². The number of aromatic hydroxyl groups is 1. The van der Waals surface area contributed by atoms with Crippen molar-refractivity contribution in [2.45, 2.75) is 40.0 Å². The first kappa shape index (κ1) is 14.4. The fourth-order valence-corrected chi connectivity index (χ4v) is 1.84. The van der Waals surface area contributed by atoms with Gasteiger partial charge >= 0.3 is 0 Å². The van der Waals surface area contributed by atoms with Gasteiger partial charge in [-0.25, -0.2) is 0 Å². The Bertz CT molecular complexity index is 440. The summed E-state index contributed by atoms with van der Waals surface area (Å²) in [6, 6.07) is 5.64. The summed E-state index contributed by atoms with van der Waals surface area (Å²) in [6.07, 6.45) is 0.863. The molecule has 1 rings (SSSR count). The van der Waals surface area contributed by atoms with Crippen LogP contribution in [-0.4, -0.2) is 11.7 Å². The average molecular weight is 246 g/mol. The summed E-state index contributed by atoms with van der Waals surface area (Å²) >= 11 is 0. The van der Waals surface area contributed by atoms with E-state index in [-0.39, 0.29) is 17.6 Å². The SMILES string of the molecule is CCC#CC(C)C(C)c1cccc(OCC)c1O. The summed E-state index contributed by atoms with van der Waals surface area (Å²) in [5.41, 5.74) is 0.902. The number of benzene rings is 1. The third-order valence-electron chi connectivity index (χ3n) is 3.08. The lowest BCUT2D eigenvalue weighted by molar-refractivity contribution is 0.315. The second kappa shape index (κ2) is 6.96. The highest BCUT2D eigenvalue weighted by molar-refractivity contribution is 5.47. The van der Waals surface area contributed by atoms with Gasteiger partial charge in [0.15, 0.2) is 11.5 Å². The number of rotatable bonds is 4. The molecule has 0 saturated carbocycles. The molecule has 0 fully saturated rings. The second-order valence-corrected chi connectivity index (χ2v) is 4.38. The molecule has 0 aliphatic rings. The highest BCUT2D eigenvalue weighted by Gasteiger charge is 2.18. The minimum Gasteiger partial charge on any atom is -0.504 e. The van der Waals surface area contributed by atoms with Crippen molar-refractivity contribution in [1.29, 1.82) is 0 Å². The summed E-state index contributed by atoms with van der Waals surface area (Å²) in [5.74, 6) is 7.50. The Morgan fingerprint density at radius 2 is 2.00 bits per heavy atom. The van der Waals surface area contributed by atoms with Gasteiger partial charge in [0.1, 0.15) is 0 Å². The van der Waals surface area contributed by atoms with Crippen LogP contribution in [0.2, 0.25) is 0 Å². The van der Waals surface area contributed by atoms with Gasteiger partial charge in [-0.05, 0) is 18.9 Å². The first-order valence-electron chi connectivity index (χ1n) is 6.54. The van der Waals surface area contributed by atoms with Crippen molar-refractivity contribution in [1.82, 2.24) is 0 Å². The molecule has 0 spiro atoms. The van der Waals surface area contributed by atoms with Crippen molar-refractivity contribution < 1.29 is 9.84 Å². The molecule has 1 aromatic rings. The minimum absolute atomic E-state index is 0.185. The third-order valence-corrected chi connectivity index (χ3v) is 3.08. The lowest BCUT2D eigenvalue weighted by atomic mass is 9.88. The van der Waals surface area contributed by atoms with Crippen LogP contribution in [-0.2, 0) is 0 Å². The Labute approximate surface area is 110 Å². The van der Waals surface area contributed by atoms with Gasteiger partial charge in [-0.2, -0.15) is 0 Å². The number of hydrogen-bond donors (Lipinski definition) is 1. The van der Waals surface area contributed by atoms with Crippen LogP contribution in [0.5, 0.6) is 11.5 Å². The van der Waals surface area contributed by atoms with Crippen molar-refractivity contribution in [2.75, 3.05) is 6.61 Å². The van der Waals surface area contributed by atoms with Gasteiger partial charge in [-0.1, -0.05) is 38.8 Å². The molecule has 18 heavy (non-hydrogen) atoms. The van der Waals surface area contributed by atoms with Crippen LogP contribution in [0.4, 0.5) is 0 Å². The first-order valence-corrected chi connectivity index (χ1v) is 6.54. The minimum atomic E-state index is 0.185. The monoisotopic (exact) mass is 246 g/mol. The van der Waals surface area contributed by atoms with E-state index in [1.807, 2.05) is 26.0 Å². The lowest BCUT2D eigenvalue weighted by Gasteiger charge is -2.18. The van der Waals surface area contributed by atoms with E-state index in [4.69, 9.17) is 4.74 Å². The van der Waals surface area contributed by atoms with Crippen LogP contribution < -0.4 is 4.74 Å². The van der Waals surface area contributed by atoms with E-state index in [1.54, 1.807) is 6.07 Å². The van der Waals surface area contributed by atoms with Crippen molar-refractivity contribution in [2.24, 2.45) is 5.92 Å². The highest BCUT2D eigenvalue weighted by Crippen LogP contribution is 2.37. The smallest absolute Gasteiger partial charge is 0.161 e. The molecule has 0 saturated heterocycles. The quantitative estimate of drug-likeness (QED) is 0.815. The summed E-state index contributed by atoms with van der Waals surface area (Å²) in [6.45, 7) is 8.67. The molecule has 0 radical (unpaired) electrons. The molecular weight excluding hydrogens is 224 g/mol. The molecule has 2 atom stereocenters. The Kier molecular flexibility index (Phi) is 5.58. The number of phenols is 1. The number of para-hydroxylation sites is 1. The topological polar surface area (TPSA) is 29.5 Å². The average Bonchev–Trinajstić information content (AvgIpc) is 2.38. The van der Waals surface area contributed by atoms with E-state index in [2.05, 4.69) is 25.7 Å². The van der Waals surface area contributed by atoms with Crippen LogP contribution >= 0.6 is 0 Å². The van der Waals surface area contributed by atoms with Crippen LogP contribution in [0.1, 0.15) is 45.6 Å². The zero-order valence-electron chi connectivity index (χ0n) is 11.7. The van der Waals surface area contributed by atoms with Gasteiger partial charge in [0, 0.05) is 17.9 Å². The molecule has 2 unspecified atom stereocenters. The fourth-order valence-electron chi connectivity index (χ4n) is 1.84. The normalized spacial score (nSPS) is 13.3. The summed E-state index contributed by atoms with van der Waals surface area (Å²) < 4.78 is 5.40. The van der Waals surface area contributed by atoms with Crippen molar-refractivity contribution >= 4 is 0 Å². The first-order chi connectivity index (χ1) is 8.61. The molecule has 0 aromatic heterocycles. The molecule has 2 heteroatoms. The van der Waals surface area contributed by atoms with Gasteiger partial charge in [0.05, 0.1) is 6.61 Å². The largest absolute Gasteiger partial charge is 0.504 e. The van der Waals surface area contributed by atoms with Crippen LogP contribution in [0, 0.1) is 17.8 Å². The van der Waals surface area contributed by atoms with Gasteiger partial charge in [0.2, 0.25) is 0 Å². The Morgan fingerprint density at radius 3 is 2.61 bits per heavy atom. The molecule has 0 aliphatic carbocycles. The van der Waals surface area contributed by atoms with E-state index >= 15 is 0 Å². The molecule has 1 aromatic carbocycles. The predicted octanol–water partition coefficient (Wildman–Crippen LogP) is 3.94. The highest BCUT2D eigenvalue weighted by atomic mass is 16.5. The molecule has 98 valence electrons. The molecule has 0 aliphatic heterocycles. The molecule has 1 N–H and O–H groups in total. The standard InChI is InChI=1S/C16H22O2/c1-5-7-9-12(3)13(4)14-10-8-11-15(16(14)17)18-6-2/h8,10-13,17H,5-6H2,1-4H3. The number of phenolic OH excluding ortho intramolecular Hbond substituents is 1. The van der Waals surface area contributed by atoms with Gasteiger partial charge in [-0.3, -0.25) is 0 Å². The van der Waals surface area contributed by atoms with Crippen LogP contribution in [0.3, 0.4) is 0 Å². The summed E-state index contributed by atoms with van der Waals surface area (Å²) in [4.78, 5) is 0. The van der Waals surface area contributed by atoms with E-state index < -0.39 is 0 Å². The molecule has 0 bridgehead atoms. The fraction of sp³-hybridized carbons (Fsp3) is 0.500.